The van der Waals surface area contributed by atoms with Crippen LogP contribution in [-0.4, -0.2) is 18.6 Å². The third-order valence-corrected chi connectivity index (χ3v) is 3.82. The fourth-order valence-corrected chi connectivity index (χ4v) is 2.37. The van der Waals surface area contributed by atoms with E-state index in [0.717, 1.165) is 5.75 Å². The zero-order valence-corrected chi connectivity index (χ0v) is 15.6. The van der Waals surface area contributed by atoms with Crippen LogP contribution in [0.2, 0.25) is 0 Å². The lowest BCUT2D eigenvalue weighted by Gasteiger charge is -2.20. The SMILES string of the molecule is CCOc1cccc(NC(=O)[C@@H](C)Oc2ccc(C(C)(C)C)cc2)c1. The van der Waals surface area contributed by atoms with Crippen LogP contribution in [0.4, 0.5) is 5.69 Å². The van der Waals surface area contributed by atoms with E-state index in [2.05, 4.69) is 26.1 Å². The zero-order valence-electron chi connectivity index (χ0n) is 15.6. The van der Waals surface area contributed by atoms with Gasteiger partial charge in [-0.05, 0) is 49.1 Å². The van der Waals surface area contributed by atoms with Gasteiger partial charge in [-0.15, -0.1) is 0 Å². The van der Waals surface area contributed by atoms with Crippen LogP contribution in [0.15, 0.2) is 48.5 Å². The van der Waals surface area contributed by atoms with Crippen molar-refractivity contribution >= 4 is 11.6 Å². The van der Waals surface area contributed by atoms with E-state index in [9.17, 15) is 4.79 Å². The fourth-order valence-electron chi connectivity index (χ4n) is 2.37. The summed E-state index contributed by atoms with van der Waals surface area (Å²) in [6, 6.07) is 15.2. The maximum absolute atomic E-state index is 12.3. The van der Waals surface area contributed by atoms with Crippen LogP contribution in [0, 0.1) is 0 Å². The van der Waals surface area contributed by atoms with Crippen LogP contribution in [0.25, 0.3) is 0 Å². The second-order valence-corrected chi connectivity index (χ2v) is 6.98. The molecular weight excluding hydrogens is 314 g/mol. The highest BCUT2D eigenvalue weighted by Gasteiger charge is 2.17. The Morgan fingerprint density at radius 1 is 1.08 bits per heavy atom. The minimum absolute atomic E-state index is 0.0904. The van der Waals surface area contributed by atoms with Gasteiger partial charge in [0.15, 0.2) is 6.10 Å². The van der Waals surface area contributed by atoms with Gasteiger partial charge in [-0.2, -0.15) is 0 Å². The van der Waals surface area contributed by atoms with E-state index in [0.29, 0.717) is 18.0 Å². The molecule has 0 aliphatic carbocycles. The third kappa shape index (κ3) is 5.52. The van der Waals surface area contributed by atoms with E-state index in [-0.39, 0.29) is 11.3 Å². The van der Waals surface area contributed by atoms with Gasteiger partial charge in [-0.3, -0.25) is 4.79 Å². The summed E-state index contributed by atoms with van der Waals surface area (Å²) >= 11 is 0. The molecule has 25 heavy (non-hydrogen) atoms. The van der Waals surface area contributed by atoms with E-state index in [1.165, 1.54) is 5.56 Å². The average Bonchev–Trinajstić information content (AvgIpc) is 2.55. The third-order valence-electron chi connectivity index (χ3n) is 3.82. The summed E-state index contributed by atoms with van der Waals surface area (Å²) in [5, 5.41) is 2.85. The van der Waals surface area contributed by atoms with E-state index in [1.54, 1.807) is 13.0 Å². The lowest BCUT2D eigenvalue weighted by Crippen LogP contribution is -2.30. The normalized spacial score (nSPS) is 12.4. The zero-order chi connectivity index (χ0) is 18.4. The second kappa shape index (κ2) is 8.06. The molecule has 4 heteroatoms. The summed E-state index contributed by atoms with van der Waals surface area (Å²) in [4.78, 5) is 12.3. The van der Waals surface area contributed by atoms with Crippen molar-refractivity contribution in [1.82, 2.24) is 0 Å². The Hall–Kier alpha value is -2.49. The number of anilines is 1. The molecule has 0 saturated heterocycles. The summed E-state index contributed by atoms with van der Waals surface area (Å²) in [5.74, 6) is 1.21. The standard InChI is InChI=1S/C21H27NO3/c1-6-24-19-9-7-8-17(14-19)22-20(23)15(2)25-18-12-10-16(11-13-18)21(3,4)5/h7-15H,6H2,1-5H3,(H,22,23)/t15-/m1/s1. The number of ether oxygens (including phenoxy) is 2. The van der Waals surface area contributed by atoms with Crippen LogP contribution in [0.3, 0.4) is 0 Å². The first-order chi connectivity index (χ1) is 11.8. The molecule has 0 aromatic heterocycles. The lowest BCUT2D eigenvalue weighted by molar-refractivity contribution is -0.122. The van der Waals surface area contributed by atoms with E-state index < -0.39 is 6.10 Å². The largest absolute Gasteiger partial charge is 0.494 e. The number of hydrogen-bond acceptors (Lipinski definition) is 3. The summed E-state index contributed by atoms with van der Waals surface area (Å²) in [6.07, 6.45) is -0.601. The first kappa shape index (κ1) is 18.8. The molecule has 2 aromatic rings. The molecule has 0 aliphatic rings. The van der Waals surface area contributed by atoms with Gasteiger partial charge in [0, 0.05) is 11.8 Å². The first-order valence-electron chi connectivity index (χ1n) is 8.60. The molecule has 0 unspecified atom stereocenters. The predicted molar refractivity (Wildman–Crippen MR) is 101 cm³/mol. The Kier molecular flexibility index (Phi) is 6.07. The molecule has 0 heterocycles. The van der Waals surface area contributed by atoms with Gasteiger partial charge in [0.25, 0.3) is 5.91 Å². The summed E-state index contributed by atoms with van der Waals surface area (Å²) in [6.45, 7) is 10.7. The molecule has 1 amide bonds. The van der Waals surface area contributed by atoms with Crippen molar-refractivity contribution in [3.8, 4) is 11.5 Å². The predicted octanol–water partition coefficient (Wildman–Crippen LogP) is 4.79. The number of amides is 1. The summed E-state index contributed by atoms with van der Waals surface area (Å²) in [5.41, 5.74) is 2.01. The van der Waals surface area contributed by atoms with Crippen LogP contribution in [-0.2, 0) is 10.2 Å². The summed E-state index contributed by atoms with van der Waals surface area (Å²) < 4.78 is 11.2. The molecule has 0 saturated carbocycles. The molecule has 0 radical (unpaired) electrons. The van der Waals surface area contributed by atoms with Gasteiger partial charge in [-0.1, -0.05) is 39.0 Å². The highest BCUT2D eigenvalue weighted by Crippen LogP contribution is 2.25. The van der Waals surface area contributed by atoms with Gasteiger partial charge >= 0.3 is 0 Å². The van der Waals surface area contributed by atoms with Crippen LogP contribution < -0.4 is 14.8 Å². The van der Waals surface area contributed by atoms with Crippen molar-refractivity contribution in [2.24, 2.45) is 0 Å². The molecule has 0 fully saturated rings. The maximum Gasteiger partial charge on any atom is 0.265 e. The van der Waals surface area contributed by atoms with Crippen molar-refractivity contribution in [3.05, 3.63) is 54.1 Å². The number of benzene rings is 2. The van der Waals surface area contributed by atoms with Crippen LogP contribution >= 0.6 is 0 Å². The van der Waals surface area contributed by atoms with Crippen molar-refractivity contribution in [2.75, 3.05) is 11.9 Å². The number of carbonyl (C=O) groups excluding carboxylic acids is 1. The average molecular weight is 341 g/mol. The number of hydrogen-bond donors (Lipinski definition) is 1. The second-order valence-electron chi connectivity index (χ2n) is 6.98. The van der Waals surface area contributed by atoms with Gasteiger partial charge in [0.2, 0.25) is 0 Å². The van der Waals surface area contributed by atoms with Crippen molar-refractivity contribution < 1.29 is 14.3 Å². The molecule has 2 rings (SSSR count). The Labute approximate surface area is 150 Å². The lowest BCUT2D eigenvalue weighted by atomic mass is 9.87. The van der Waals surface area contributed by atoms with Gasteiger partial charge < -0.3 is 14.8 Å². The fraction of sp³-hybridized carbons (Fsp3) is 0.381. The van der Waals surface area contributed by atoms with Gasteiger partial charge in [0.1, 0.15) is 11.5 Å². The van der Waals surface area contributed by atoms with Crippen molar-refractivity contribution in [1.29, 1.82) is 0 Å². The first-order valence-corrected chi connectivity index (χ1v) is 8.60. The van der Waals surface area contributed by atoms with E-state index >= 15 is 0 Å². The smallest absolute Gasteiger partial charge is 0.265 e. The monoisotopic (exact) mass is 341 g/mol. The van der Waals surface area contributed by atoms with Gasteiger partial charge in [0.05, 0.1) is 6.61 Å². The highest BCUT2D eigenvalue weighted by molar-refractivity contribution is 5.94. The summed E-state index contributed by atoms with van der Waals surface area (Å²) in [7, 11) is 0. The van der Waals surface area contributed by atoms with E-state index in [1.807, 2.05) is 49.4 Å². The maximum atomic E-state index is 12.3. The quantitative estimate of drug-likeness (QED) is 0.822. The molecule has 0 aliphatic heterocycles. The molecule has 1 atom stereocenters. The van der Waals surface area contributed by atoms with Crippen molar-refractivity contribution in [3.63, 3.8) is 0 Å². The molecule has 4 nitrogen and oxygen atoms in total. The Balaban J connectivity index is 1.97. The number of nitrogens with one attached hydrogen (secondary N) is 1. The Bertz CT molecular complexity index is 702. The Morgan fingerprint density at radius 3 is 2.36 bits per heavy atom. The van der Waals surface area contributed by atoms with Crippen LogP contribution in [0.5, 0.6) is 11.5 Å². The minimum Gasteiger partial charge on any atom is -0.494 e. The molecular formula is C21H27NO3. The van der Waals surface area contributed by atoms with Crippen LogP contribution in [0.1, 0.15) is 40.2 Å². The number of carbonyl (C=O) groups is 1. The molecule has 1 N–H and O–H groups in total. The number of rotatable bonds is 6. The minimum atomic E-state index is -0.601. The molecule has 2 aromatic carbocycles. The van der Waals surface area contributed by atoms with Crippen molar-refractivity contribution in [2.45, 2.75) is 46.1 Å². The topological polar surface area (TPSA) is 47.6 Å². The van der Waals surface area contributed by atoms with Gasteiger partial charge in [-0.25, -0.2) is 0 Å². The molecule has 134 valence electrons. The molecule has 0 bridgehead atoms. The molecule has 0 spiro atoms. The highest BCUT2D eigenvalue weighted by atomic mass is 16.5. The van der Waals surface area contributed by atoms with E-state index in [4.69, 9.17) is 9.47 Å². The Morgan fingerprint density at radius 2 is 1.76 bits per heavy atom.